The van der Waals surface area contributed by atoms with Gasteiger partial charge in [-0.1, -0.05) is 23.7 Å². The van der Waals surface area contributed by atoms with Crippen molar-refractivity contribution in [3.8, 4) is 22.8 Å². The highest BCUT2D eigenvalue weighted by atomic mass is 35.5. The third-order valence-electron chi connectivity index (χ3n) is 4.17. The lowest BCUT2D eigenvalue weighted by Gasteiger charge is -2.19. The number of amides is 1. The van der Waals surface area contributed by atoms with Crippen molar-refractivity contribution < 1.29 is 14.3 Å². The maximum absolute atomic E-state index is 12.6. The summed E-state index contributed by atoms with van der Waals surface area (Å²) in [5.74, 6) is 1.11. The lowest BCUT2D eigenvalue weighted by atomic mass is 10.0. The molecule has 1 aliphatic heterocycles. The van der Waals surface area contributed by atoms with Gasteiger partial charge in [0.15, 0.2) is 0 Å². The van der Waals surface area contributed by atoms with Crippen LogP contribution in [0, 0.1) is 0 Å². The van der Waals surface area contributed by atoms with Crippen LogP contribution in [0.15, 0.2) is 48.7 Å². The average Bonchev–Trinajstić information content (AvgIpc) is 3.05. The number of para-hydroxylation sites is 1. The molecule has 0 atom stereocenters. The Bertz CT molecular complexity index is 984. The predicted molar refractivity (Wildman–Crippen MR) is 98.6 cm³/mol. The summed E-state index contributed by atoms with van der Waals surface area (Å²) in [7, 11) is 1.54. The first-order valence-electron chi connectivity index (χ1n) is 8.06. The van der Waals surface area contributed by atoms with Crippen LogP contribution >= 0.6 is 11.6 Å². The van der Waals surface area contributed by atoms with Crippen molar-refractivity contribution in [2.45, 2.75) is 13.2 Å². The molecule has 7 heteroatoms. The second kappa shape index (κ2) is 6.72. The molecule has 2 heterocycles. The largest absolute Gasteiger partial charge is 0.495 e. The Hall–Kier alpha value is -2.99. The van der Waals surface area contributed by atoms with Gasteiger partial charge in [0.05, 0.1) is 24.7 Å². The Balaban J connectivity index is 1.59. The van der Waals surface area contributed by atoms with E-state index < -0.39 is 0 Å². The molecule has 132 valence electrons. The van der Waals surface area contributed by atoms with Gasteiger partial charge in [0.1, 0.15) is 24.7 Å². The molecule has 26 heavy (non-hydrogen) atoms. The van der Waals surface area contributed by atoms with Crippen LogP contribution in [0.25, 0.3) is 11.3 Å². The molecule has 1 N–H and O–H groups in total. The van der Waals surface area contributed by atoms with Gasteiger partial charge in [-0.3, -0.25) is 9.48 Å². The summed E-state index contributed by atoms with van der Waals surface area (Å²) in [6, 6.07) is 12.8. The van der Waals surface area contributed by atoms with E-state index >= 15 is 0 Å². The quantitative estimate of drug-likeness (QED) is 0.760. The second-order valence-corrected chi connectivity index (χ2v) is 6.29. The van der Waals surface area contributed by atoms with Crippen LogP contribution in [-0.2, 0) is 17.9 Å². The van der Waals surface area contributed by atoms with Crippen LogP contribution in [0.4, 0.5) is 5.69 Å². The summed E-state index contributed by atoms with van der Waals surface area (Å²) >= 11 is 6.01. The number of rotatable bonds is 4. The number of halogens is 1. The van der Waals surface area contributed by atoms with Crippen LogP contribution < -0.4 is 14.8 Å². The van der Waals surface area contributed by atoms with Gasteiger partial charge in [0.25, 0.3) is 0 Å². The zero-order valence-corrected chi connectivity index (χ0v) is 14.8. The Morgan fingerprint density at radius 2 is 2.19 bits per heavy atom. The zero-order valence-electron chi connectivity index (χ0n) is 14.0. The van der Waals surface area contributed by atoms with Gasteiger partial charge in [-0.05, 0) is 30.3 Å². The molecule has 2 aromatic carbocycles. The van der Waals surface area contributed by atoms with Crippen LogP contribution in [0.3, 0.4) is 0 Å². The fourth-order valence-corrected chi connectivity index (χ4v) is 3.18. The molecule has 1 aliphatic rings. The number of anilines is 1. The molecule has 4 rings (SSSR count). The minimum atomic E-state index is -0.222. The van der Waals surface area contributed by atoms with E-state index in [1.807, 2.05) is 24.3 Å². The Labute approximate surface area is 155 Å². The number of hydrogen-bond donors (Lipinski definition) is 1. The van der Waals surface area contributed by atoms with Crippen molar-refractivity contribution in [1.82, 2.24) is 9.78 Å². The highest BCUT2D eigenvalue weighted by Gasteiger charge is 2.23. The van der Waals surface area contributed by atoms with Crippen molar-refractivity contribution in [2.24, 2.45) is 0 Å². The van der Waals surface area contributed by atoms with E-state index in [2.05, 4.69) is 10.4 Å². The van der Waals surface area contributed by atoms with Crippen LogP contribution in [0.2, 0.25) is 5.02 Å². The number of nitrogens with one attached hydrogen (secondary N) is 1. The zero-order chi connectivity index (χ0) is 18.1. The van der Waals surface area contributed by atoms with E-state index in [1.165, 1.54) is 0 Å². The number of carbonyl (C=O) groups excluding carboxylic acids is 1. The first kappa shape index (κ1) is 16.5. The van der Waals surface area contributed by atoms with Gasteiger partial charge >= 0.3 is 0 Å². The topological polar surface area (TPSA) is 65.4 Å². The van der Waals surface area contributed by atoms with Crippen LogP contribution in [-0.4, -0.2) is 22.8 Å². The molecule has 0 saturated carbocycles. The molecule has 0 bridgehead atoms. The van der Waals surface area contributed by atoms with Crippen molar-refractivity contribution in [3.05, 3.63) is 59.2 Å². The summed E-state index contributed by atoms with van der Waals surface area (Å²) in [5, 5.41) is 7.71. The molecule has 0 aliphatic carbocycles. The van der Waals surface area contributed by atoms with Gasteiger partial charge in [-0.15, -0.1) is 0 Å². The minimum Gasteiger partial charge on any atom is -0.495 e. The molecule has 0 fully saturated rings. The molecule has 0 spiro atoms. The second-order valence-electron chi connectivity index (χ2n) is 5.85. The minimum absolute atomic E-state index is 0.0688. The number of fused-ring (bicyclic) bond motifs is 3. The number of ether oxygens (including phenoxy) is 2. The summed E-state index contributed by atoms with van der Waals surface area (Å²) in [4.78, 5) is 12.6. The van der Waals surface area contributed by atoms with Crippen molar-refractivity contribution in [3.63, 3.8) is 0 Å². The van der Waals surface area contributed by atoms with Gasteiger partial charge < -0.3 is 14.8 Å². The maximum Gasteiger partial charge on any atom is 0.246 e. The van der Waals surface area contributed by atoms with E-state index in [9.17, 15) is 4.79 Å². The number of carbonyl (C=O) groups is 1. The van der Waals surface area contributed by atoms with E-state index in [4.69, 9.17) is 21.1 Å². The molecule has 0 unspecified atom stereocenters. The highest BCUT2D eigenvalue weighted by molar-refractivity contribution is 6.31. The van der Waals surface area contributed by atoms with Gasteiger partial charge in [0.2, 0.25) is 5.91 Å². The van der Waals surface area contributed by atoms with E-state index in [-0.39, 0.29) is 12.5 Å². The summed E-state index contributed by atoms with van der Waals surface area (Å²) in [5.41, 5.74) is 3.31. The number of nitrogens with zero attached hydrogens (tertiary/aromatic N) is 2. The SMILES string of the molecule is COc1ccc(Cl)cc1NC(=O)Cn1ncc2c1-c1ccccc1OC2. The fourth-order valence-electron chi connectivity index (χ4n) is 3.01. The van der Waals surface area contributed by atoms with E-state index in [1.54, 1.807) is 36.2 Å². The monoisotopic (exact) mass is 369 g/mol. The molecule has 6 nitrogen and oxygen atoms in total. The standard InChI is InChI=1S/C19H16ClN3O3/c1-25-17-7-6-13(20)8-15(17)22-18(24)10-23-19-12(9-21-23)11-26-16-5-3-2-4-14(16)19/h2-9H,10-11H2,1H3,(H,22,24). The molecule has 0 radical (unpaired) electrons. The van der Waals surface area contributed by atoms with E-state index in [0.717, 1.165) is 22.6 Å². The van der Waals surface area contributed by atoms with Crippen molar-refractivity contribution >= 4 is 23.2 Å². The molecule has 1 aromatic heterocycles. The molecule has 1 amide bonds. The molecule has 3 aromatic rings. The van der Waals surface area contributed by atoms with Crippen molar-refractivity contribution in [1.29, 1.82) is 0 Å². The first-order chi connectivity index (χ1) is 12.7. The maximum atomic E-state index is 12.6. The molecular weight excluding hydrogens is 354 g/mol. The first-order valence-corrected chi connectivity index (χ1v) is 8.44. The lowest BCUT2D eigenvalue weighted by Crippen LogP contribution is -2.21. The molecular formula is C19H16ClN3O3. The van der Waals surface area contributed by atoms with Gasteiger partial charge in [-0.25, -0.2) is 0 Å². The third kappa shape index (κ3) is 2.99. The van der Waals surface area contributed by atoms with Crippen LogP contribution in [0.5, 0.6) is 11.5 Å². The predicted octanol–water partition coefficient (Wildman–Crippen LogP) is 3.74. The van der Waals surface area contributed by atoms with Crippen molar-refractivity contribution in [2.75, 3.05) is 12.4 Å². The average molecular weight is 370 g/mol. The lowest BCUT2D eigenvalue weighted by molar-refractivity contribution is -0.116. The normalized spacial score (nSPS) is 11.9. The Morgan fingerprint density at radius 1 is 1.35 bits per heavy atom. The molecule has 0 saturated heterocycles. The summed E-state index contributed by atoms with van der Waals surface area (Å²) < 4.78 is 12.7. The fraction of sp³-hybridized carbons (Fsp3) is 0.158. The Kier molecular flexibility index (Phi) is 4.26. The van der Waals surface area contributed by atoms with Gasteiger partial charge in [0, 0.05) is 16.1 Å². The van der Waals surface area contributed by atoms with Crippen LogP contribution in [0.1, 0.15) is 5.56 Å². The third-order valence-corrected chi connectivity index (χ3v) is 4.40. The number of benzene rings is 2. The number of hydrogen-bond acceptors (Lipinski definition) is 4. The number of methoxy groups -OCH3 is 1. The summed E-state index contributed by atoms with van der Waals surface area (Å²) in [6.45, 7) is 0.509. The number of aromatic nitrogens is 2. The highest BCUT2D eigenvalue weighted by Crippen LogP contribution is 2.37. The summed E-state index contributed by atoms with van der Waals surface area (Å²) in [6.07, 6.45) is 1.73. The smallest absolute Gasteiger partial charge is 0.246 e. The Morgan fingerprint density at radius 3 is 3.04 bits per heavy atom. The van der Waals surface area contributed by atoms with E-state index in [0.29, 0.717) is 23.1 Å². The van der Waals surface area contributed by atoms with Gasteiger partial charge in [-0.2, -0.15) is 5.10 Å².